The number of aryl methyl sites for hydroxylation is 2. The first-order valence-electron chi connectivity index (χ1n) is 10.1. The summed E-state index contributed by atoms with van der Waals surface area (Å²) in [7, 11) is 0. The zero-order valence-corrected chi connectivity index (χ0v) is 18.7. The van der Waals surface area contributed by atoms with Gasteiger partial charge in [0.05, 0.1) is 6.42 Å². The highest BCUT2D eigenvalue weighted by atomic mass is 35.5. The highest BCUT2D eigenvalue weighted by Gasteiger charge is 2.29. The van der Waals surface area contributed by atoms with E-state index in [0.29, 0.717) is 18.0 Å². The van der Waals surface area contributed by atoms with Crippen molar-refractivity contribution in [1.29, 1.82) is 0 Å². The maximum absolute atomic E-state index is 13.4. The Labute approximate surface area is 179 Å². The van der Waals surface area contributed by atoms with Gasteiger partial charge in [0.25, 0.3) is 0 Å². The van der Waals surface area contributed by atoms with Crippen molar-refractivity contribution in [2.75, 3.05) is 0 Å². The van der Waals surface area contributed by atoms with E-state index in [0.717, 1.165) is 22.3 Å². The number of rotatable bonds is 8. The van der Waals surface area contributed by atoms with Gasteiger partial charge in [-0.15, -0.1) is 0 Å². The van der Waals surface area contributed by atoms with Crippen molar-refractivity contribution in [3.05, 3.63) is 69.7 Å². The Balaban J connectivity index is 2.36. The molecule has 1 unspecified atom stereocenters. The second kappa shape index (κ2) is 10.4. The van der Waals surface area contributed by atoms with Crippen LogP contribution in [-0.2, 0) is 22.6 Å². The normalized spacial score (nSPS) is 12.0. The molecule has 0 bridgehead atoms. The summed E-state index contributed by atoms with van der Waals surface area (Å²) >= 11 is 6.35. The van der Waals surface area contributed by atoms with Crippen molar-refractivity contribution in [2.45, 2.75) is 66.1 Å². The average Bonchev–Trinajstić information content (AvgIpc) is 2.65. The van der Waals surface area contributed by atoms with Crippen LogP contribution in [0.15, 0.2) is 42.5 Å². The Hall–Kier alpha value is -2.33. The minimum atomic E-state index is -0.550. The number of carbonyl (C=O) groups excluding carboxylic acids is 2. The molecule has 0 aromatic heterocycles. The summed E-state index contributed by atoms with van der Waals surface area (Å²) in [6.45, 7) is 10.1. The van der Waals surface area contributed by atoms with Crippen LogP contribution in [0.3, 0.4) is 0 Å². The van der Waals surface area contributed by atoms with Gasteiger partial charge in [0.15, 0.2) is 0 Å². The van der Waals surface area contributed by atoms with Gasteiger partial charge in [-0.25, -0.2) is 0 Å². The fraction of sp³-hybridized carbons (Fsp3) is 0.417. The fourth-order valence-corrected chi connectivity index (χ4v) is 3.56. The first-order chi connectivity index (χ1) is 13.7. The van der Waals surface area contributed by atoms with E-state index in [4.69, 9.17) is 11.6 Å². The van der Waals surface area contributed by atoms with Crippen LogP contribution in [-0.4, -0.2) is 28.8 Å². The molecule has 0 fully saturated rings. The average molecular weight is 415 g/mol. The van der Waals surface area contributed by atoms with Gasteiger partial charge in [-0.1, -0.05) is 60.5 Å². The van der Waals surface area contributed by atoms with Crippen molar-refractivity contribution in [1.82, 2.24) is 10.2 Å². The predicted molar refractivity (Wildman–Crippen MR) is 119 cm³/mol. The molecular weight excluding hydrogens is 384 g/mol. The van der Waals surface area contributed by atoms with E-state index >= 15 is 0 Å². The van der Waals surface area contributed by atoms with Crippen LogP contribution in [0.25, 0.3) is 0 Å². The molecule has 29 heavy (non-hydrogen) atoms. The van der Waals surface area contributed by atoms with Gasteiger partial charge in [0.1, 0.15) is 6.04 Å². The van der Waals surface area contributed by atoms with Crippen molar-refractivity contribution in [3.63, 3.8) is 0 Å². The monoisotopic (exact) mass is 414 g/mol. The lowest BCUT2D eigenvalue weighted by molar-refractivity contribution is -0.141. The summed E-state index contributed by atoms with van der Waals surface area (Å²) in [5, 5.41) is 3.54. The van der Waals surface area contributed by atoms with Crippen LogP contribution in [0.2, 0.25) is 5.02 Å². The molecule has 156 valence electrons. The lowest BCUT2D eigenvalue weighted by Crippen LogP contribution is -2.50. The van der Waals surface area contributed by atoms with Crippen LogP contribution >= 0.6 is 11.6 Å². The second-order valence-electron chi connectivity index (χ2n) is 7.81. The molecule has 0 aliphatic carbocycles. The molecule has 0 saturated carbocycles. The summed E-state index contributed by atoms with van der Waals surface area (Å²) in [6, 6.07) is 13.0. The number of amides is 2. The number of nitrogens with zero attached hydrogens (tertiary/aromatic N) is 1. The molecule has 1 atom stereocenters. The molecule has 0 heterocycles. The molecule has 5 heteroatoms. The SMILES string of the molecule is CCC(C(=O)NC(C)C)N(Cc1ccccc1Cl)C(=O)Cc1cc(C)ccc1C. The number of hydrogen-bond donors (Lipinski definition) is 1. The van der Waals surface area contributed by atoms with Crippen molar-refractivity contribution >= 4 is 23.4 Å². The smallest absolute Gasteiger partial charge is 0.243 e. The maximum Gasteiger partial charge on any atom is 0.243 e. The highest BCUT2D eigenvalue weighted by Crippen LogP contribution is 2.21. The minimum Gasteiger partial charge on any atom is -0.352 e. The Morgan fingerprint density at radius 1 is 1.07 bits per heavy atom. The van der Waals surface area contributed by atoms with E-state index in [2.05, 4.69) is 5.32 Å². The van der Waals surface area contributed by atoms with Crippen LogP contribution in [0, 0.1) is 13.8 Å². The number of hydrogen-bond acceptors (Lipinski definition) is 2. The molecule has 0 aliphatic heterocycles. The van der Waals surface area contributed by atoms with Crippen LogP contribution in [0.1, 0.15) is 49.4 Å². The highest BCUT2D eigenvalue weighted by molar-refractivity contribution is 6.31. The third kappa shape index (κ3) is 6.33. The lowest BCUT2D eigenvalue weighted by atomic mass is 10.0. The van der Waals surface area contributed by atoms with Crippen LogP contribution < -0.4 is 5.32 Å². The zero-order chi connectivity index (χ0) is 21.6. The molecule has 2 amide bonds. The van der Waals surface area contributed by atoms with E-state index in [9.17, 15) is 9.59 Å². The predicted octanol–water partition coefficient (Wildman–Crippen LogP) is 4.83. The first-order valence-corrected chi connectivity index (χ1v) is 10.5. The molecule has 2 rings (SSSR count). The quantitative estimate of drug-likeness (QED) is 0.672. The molecular formula is C24H31ClN2O2. The Morgan fingerprint density at radius 2 is 1.76 bits per heavy atom. The topological polar surface area (TPSA) is 49.4 Å². The third-order valence-corrected chi connectivity index (χ3v) is 5.33. The van der Waals surface area contributed by atoms with Gasteiger partial charge in [-0.3, -0.25) is 9.59 Å². The van der Waals surface area contributed by atoms with Gasteiger partial charge in [0, 0.05) is 17.6 Å². The maximum atomic E-state index is 13.4. The lowest BCUT2D eigenvalue weighted by Gasteiger charge is -2.31. The molecule has 0 saturated heterocycles. The standard InChI is InChI=1S/C24H31ClN2O2/c1-6-22(24(29)26-16(2)3)27(15-19-9-7-8-10-21(19)25)23(28)14-20-13-17(4)11-12-18(20)5/h7-13,16,22H,6,14-15H2,1-5H3,(H,26,29). The molecule has 2 aromatic carbocycles. The van der Waals surface area contributed by atoms with Crippen LogP contribution in [0.4, 0.5) is 0 Å². The fourth-order valence-electron chi connectivity index (χ4n) is 3.37. The Bertz CT molecular complexity index is 864. The Morgan fingerprint density at radius 3 is 2.38 bits per heavy atom. The molecule has 1 N–H and O–H groups in total. The summed E-state index contributed by atoms with van der Waals surface area (Å²) in [5.41, 5.74) is 4.00. The molecule has 2 aromatic rings. The van der Waals surface area contributed by atoms with Gasteiger partial charge < -0.3 is 10.2 Å². The van der Waals surface area contributed by atoms with Crippen molar-refractivity contribution in [3.8, 4) is 0 Å². The van der Waals surface area contributed by atoms with Gasteiger partial charge in [-0.2, -0.15) is 0 Å². The van der Waals surface area contributed by atoms with E-state index < -0.39 is 6.04 Å². The van der Waals surface area contributed by atoms with Crippen molar-refractivity contribution < 1.29 is 9.59 Å². The molecule has 0 spiro atoms. The van der Waals surface area contributed by atoms with Gasteiger partial charge in [-0.05, 0) is 56.9 Å². The van der Waals surface area contributed by atoms with E-state index in [1.165, 1.54) is 0 Å². The summed E-state index contributed by atoms with van der Waals surface area (Å²) < 4.78 is 0. The number of halogens is 1. The molecule has 4 nitrogen and oxygen atoms in total. The third-order valence-electron chi connectivity index (χ3n) is 4.96. The molecule has 0 radical (unpaired) electrons. The van der Waals surface area contributed by atoms with E-state index in [-0.39, 0.29) is 24.3 Å². The zero-order valence-electron chi connectivity index (χ0n) is 18.0. The minimum absolute atomic E-state index is 0.00725. The van der Waals surface area contributed by atoms with Gasteiger partial charge >= 0.3 is 0 Å². The Kier molecular flexibility index (Phi) is 8.27. The summed E-state index contributed by atoms with van der Waals surface area (Å²) in [5.74, 6) is -0.215. The van der Waals surface area contributed by atoms with Gasteiger partial charge in [0.2, 0.25) is 11.8 Å². The summed E-state index contributed by atoms with van der Waals surface area (Å²) in [6.07, 6.45) is 0.783. The van der Waals surface area contributed by atoms with E-state index in [1.54, 1.807) is 11.0 Å². The largest absolute Gasteiger partial charge is 0.352 e. The number of benzene rings is 2. The summed E-state index contributed by atoms with van der Waals surface area (Å²) in [4.78, 5) is 27.9. The van der Waals surface area contributed by atoms with Crippen LogP contribution in [0.5, 0.6) is 0 Å². The second-order valence-corrected chi connectivity index (χ2v) is 8.21. The van der Waals surface area contributed by atoms with E-state index in [1.807, 2.05) is 71.0 Å². The molecule has 0 aliphatic rings. The number of nitrogens with one attached hydrogen (secondary N) is 1. The number of carbonyl (C=O) groups is 2. The van der Waals surface area contributed by atoms with Crippen molar-refractivity contribution in [2.24, 2.45) is 0 Å². The first kappa shape index (κ1) is 23.0.